The van der Waals surface area contributed by atoms with E-state index in [0.29, 0.717) is 23.2 Å². The Hall–Kier alpha value is -2.08. The first-order valence-electron chi connectivity index (χ1n) is 9.13. The molecule has 1 fully saturated rings. The van der Waals surface area contributed by atoms with Crippen LogP contribution < -0.4 is 5.32 Å². The van der Waals surface area contributed by atoms with Crippen LogP contribution in [0.5, 0.6) is 0 Å². The van der Waals surface area contributed by atoms with Gasteiger partial charge in [-0.25, -0.2) is 8.42 Å². The van der Waals surface area contributed by atoms with E-state index >= 15 is 0 Å². The summed E-state index contributed by atoms with van der Waals surface area (Å²) in [5.74, 6) is -0.581. The van der Waals surface area contributed by atoms with Gasteiger partial charge in [-0.2, -0.15) is 4.31 Å². The van der Waals surface area contributed by atoms with Crippen LogP contribution in [0.1, 0.15) is 10.4 Å². The van der Waals surface area contributed by atoms with Gasteiger partial charge in [-0.15, -0.1) is 10.2 Å². The van der Waals surface area contributed by atoms with Gasteiger partial charge in [-0.05, 0) is 30.3 Å². The second-order valence-electron chi connectivity index (χ2n) is 6.53. The van der Waals surface area contributed by atoms with Crippen molar-refractivity contribution in [2.24, 2.45) is 0 Å². The van der Waals surface area contributed by atoms with Crippen molar-refractivity contribution in [3.63, 3.8) is 0 Å². The zero-order chi connectivity index (χ0) is 22.0. The van der Waals surface area contributed by atoms with Gasteiger partial charge in [0, 0.05) is 23.7 Å². The molecule has 0 radical (unpaired) electrons. The predicted molar refractivity (Wildman–Crippen MR) is 119 cm³/mol. The second-order valence-corrected chi connectivity index (χ2v) is 10.3. The number of ether oxygens (including phenoxy) is 1. The van der Waals surface area contributed by atoms with E-state index in [2.05, 4.69) is 15.5 Å². The zero-order valence-electron chi connectivity index (χ0n) is 15.9. The summed E-state index contributed by atoms with van der Waals surface area (Å²) in [5.41, 5.74) is 0.832. The largest absolute Gasteiger partial charge is 0.379 e. The molecule has 0 atom stereocenters. The first-order valence-corrected chi connectivity index (χ1v) is 12.1. The summed E-state index contributed by atoms with van der Waals surface area (Å²) in [4.78, 5) is 12.8. The molecule has 2 heterocycles. The van der Waals surface area contributed by atoms with E-state index in [1.807, 2.05) is 0 Å². The molecular formula is C19H16Cl2N4O4S2. The van der Waals surface area contributed by atoms with E-state index in [4.69, 9.17) is 27.9 Å². The smallest absolute Gasteiger partial charge is 0.259 e. The highest BCUT2D eigenvalue weighted by Gasteiger charge is 2.27. The number of amides is 1. The molecule has 0 bridgehead atoms. The Balaban J connectivity index is 1.55. The summed E-state index contributed by atoms with van der Waals surface area (Å²) in [6.07, 6.45) is 0. The van der Waals surface area contributed by atoms with Gasteiger partial charge in [0.25, 0.3) is 5.91 Å². The summed E-state index contributed by atoms with van der Waals surface area (Å²) in [5, 5.41) is 12.2. The Morgan fingerprint density at radius 3 is 2.48 bits per heavy atom. The molecular weight excluding hydrogens is 483 g/mol. The molecule has 4 rings (SSSR count). The Kier molecular flexibility index (Phi) is 6.56. The molecule has 162 valence electrons. The maximum Gasteiger partial charge on any atom is 0.259 e. The molecule has 0 aliphatic carbocycles. The Morgan fingerprint density at radius 1 is 1.06 bits per heavy atom. The SMILES string of the molecule is O=C(Nc1nnc(-c2ccc(Cl)cc2)s1)c1cc(S(=O)(=O)N2CCOCC2)ccc1Cl. The van der Waals surface area contributed by atoms with Crippen molar-refractivity contribution in [2.45, 2.75) is 4.90 Å². The monoisotopic (exact) mass is 498 g/mol. The number of hydrogen-bond acceptors (Lipinski definition) is 7. The lowest BCUT2D eigenvalue weighted by atomic mass is 10.2. The standard InChI is InChI=1S/C19H16Cl2N4O4S2/c20-13-3-1-12(2-4-13)18-23-24-19(30-18)22-17(26)15-11-14(5-6-16(15)21)31(27,28)25-7-9-29-10-8-25/h1-6,11H,7-10H2,(H,22,24,26). The van der Waals surface area contributed by atoms with Crippen LogP contribution in [0.4, 0.5) is 5.13 Å². The number of morpholine rings is 1. The molecule has 1 aromatic heterocycles. The third-order valence-electron chi connectivity index (χ3n) is 4.53. The van der Waals surface area contributed by atoms with Crippen molar-refractivity contribution in [3.8, 4) is 10.6 Å². The number of halogens is 2. The minimum atomic E-state index is -3.76. The van der Waals surface area contributed by atoms with Crippen LogP contribution in [0.25, 0.3) is 10.6 Å². The molecule has 2 aromatic carbocycles. The lowest BCUT2D eigenvalue weighted by molar-refractivity contribution is 0.0730. The van der Waals surface area contributed by atoms with Gasteiger partial charge in [-0.3, -0.25) is 10.1 Å². The number of nitrogens with one attached hydrogen (secondary N) is 1. The summed E-state index contributed by atoms with van der Waals surface area (Å²) < 4.78 is 32.3. The average Bonchev–Trinajstić information content (AvgIpc) is 3.23. The van der Waals surface area contributed by atoms with Crippen molar-refractivity contribution >= 4 is 55.6 Å². The lowest BCUT2D eigenvalue weighted by Crippen LogP contribution is -2.40. The van der Waals surface area contributed by atoms with Crippen LogP contribution in [-0.2, 0) is 14.8 Å². The molecule has 1 aliphatic rings. The van der Waals surface area contributed by atoms with Gasteiger partial charge in [0.05, 0.1) is 28.7 Å². The van der Waals surface area contributed by atoms with Gasteiger partial charge >= 0.3 is 0 Å². The van der Waals surface area contributed by atoms with Gasteiger partial charge < -0.3 is 4.74 Å². The first kappa shape index (κ1) is 22.1. The highest BCUT2D eigenvalue weighted by Crippen LogP contribution is 2.29. The van der Waals surface area contributed by atoms with Crippen molar-refractivity contribution in [3.05, 3.63) is 58.1 Å². The molecule has 0 saturated carbocycles. The fraction of sp³-hybridized carbons (Fsp3) is 0.211. The molecule has 1 saturated heterocycles. The van der Waals surface area contributed by atoms with Crippen LogP contribution in [0.3, 0.4) is 0 Å². The zero-order valence-corrected chi connectivity index (χ0v) is 19.1. The average molecular weight is 499 g/mol. The van der Waals surface area contributed by atoms with Crippen LogP contribution in [0.15, 0.2) is 47.4 Å². The van der Waals surface area contributed by atoms with E-state index in [1.54, 1.807) is 24.3 Å². The maximum atomic E-state index is 12.9. The van der Waals surface area contributed by atoms with Crippen molar-refractivity contribution in [1.82, 2.24) is 14.5 Å². The molecule has 0 spiro atoms. The number of aromatic nitrogens is 2. The Bertz CT molecular complexity index is 1210. The number of anilines is 1. The minimum Gasteiger partial charge on any atom is -0.379 e. The molecule has 1 N–H and O–H groups in total. The summed E-state index contributed by atoms with van der Waals surface area (Å²) in [7, 11) is -3.76. The van der Waals surface area contributed by atoms with Crippen molar-refractivity contribution < 1.29 is 17.9 Å². The molecule has 12 heteroatoms. The van der Waals surface area contributed by atoms with Gasteiger partial charge in [0.15, 0.2) is 0 Å². The normalized spacial score (nSPS) is 15.0. The summed E-state index contributed by atoms with van der Waals surface area (Å²) in [6.45, 7) is 1.16. The fourth-order valence-electron chi connectivity index (χ4n) is 2.92. The van der Waals surface area contributed by atoms with Crippen LogP contribution >= 0.6 is 34.5 Å². The summed E-state index contributed by atoms with van der Waals surface area (Å²) in [6, 6.07) is 11.1. The maximum absolute atomic E-state index is 12.9. The number of carbonyl (C=O) groups excluding carboxylic acids is 1. The van der Waals surface area contributed by atoms with Crippen molar-refractivity contribution in [1.29, 1.82) is 0 Å². The van der Waals surface area contributed by atoms with Crippen LogP contribution in [0.2, 0.25) is 10.0 Å². The third-order valence-corrected chi connectivity index (χ3v) is 7.89. The van der Waals surface area contributed by atoms with Crippen LogP contribution in [0, 0.1) is 0 Å². The van der Waals surface area contributed by atoms with E-state index in [0.717, 1.165) is 5.56 Å². The lowest BCUT2D eigenvalue weighted by Gasteiger charge is -2.26. The molecule has 8 nitrogen and oxygen atoms in total. The number of sulfonamides is 1. The number of rotatable bonds is 5. The number of nitrogens with zero attached hydrogens (tertiary/aromatic N) is 3. The number of hydrogen-bond donors (Lipinski definition) is 1. The number of benzene rings is 2. The Labute approximate surface area is 192 Å². The van der Waals surface area contributed by atoms with Gasteiger partial charge in [-0.1, -0.05) is 46.7 Å². The number of carbonyl (C=O) groups is 1. The topological polar surface area (TPSA) is 101 Å². The quantitative estimate of drug-likeness (QED) is 0.574. The molecule has 1 aliphatic heterocycles. The van der Waals surface area contributed by atoms with Gasteiger partial charge in [0.1, 0.15) is 5.01 Å². The molecule has 1 amide bonds. The fourth-order valence-corrected chi connectivity index (χ4v) is 5.43. The highest BCUT2D eigenvalue weighted by atomic mass is 35.5. The highest BCUT2D eigenvalue weighted by molar-refractivity contribution is 7.89. The Morgan fingerprint density at radius 2 is 1.77 bits per heavy atom. The molecule has 0 unspecified atom stereocenters. The predicted octanol–water partition coefficient (Wildman–Crippen LogP) is 3.79. The van der Waals surface area contributed by atoms with E-state index < -0.39 is 15.9 Å². The molecule has 31 heavy (non-hydrogen) atoms. The van der Waals surface area contributed by atoms with E-state index in [9.17, 15) is 13.2 Å². The van der Waals surface area contributed by atoms with Crippen molar-refractivity contribution in [2.75, 3.05) is 31.6 Å². The summed E-state index contributed by atoms with van der Waals surface area (Å²) >= 11 is 13.2. The second kappa shape index (κ2) is 9.19. The third kappa shape index (κ3) is 4.89. The van der Waals surface area contributed by atoms with Gasteiger partial charge in [0.2, 0.25) is 15.2 Å². The van der Waals surface area contributed by atoms with E-state index in [-0.39, 0.29) is 33.7 Å². The molecule has 3 aromatic rings. The minimum absolute atomic E-state index is 0.0110. The van der Waals surface area contributed by atoms with Crippen LogP contribution in [-0.4, -0.2) is 55.1 Å². The first-order chi connectivity index (χ1) is 14.8. The van der Waals surface area contributed by atoms with E-state index in [1.165, 1.54) is 33.8 Å².